The number of anilines is 2. The summed E-state index contributed by atoms with van der Waals surface area (Å²) in [5, 5.41) is 15.4. The molecular formula is C16H14ClN3O. The predicted molar refractivity (Wildman–Crippen MR) is 84.5 cm³/mol. The van der Waals surface area contributed by atoms with E-state index in [0.29, 0.717) is 16.3 Å². The molecule has 0 saturated heterocycles. The molecule has 0 aliphatic carbocycles. The molecule has 0 spiro atoms. The topological polar surface area (TPSA) is 64.9 Å². The molecule has 0 saturated carbocycles. The molecule has 106 valence electrons. The number of benzene rings is 2. The molecule has 2 N–H and O–H groups in total. The van der Waals surface area contributed by atoms with Crippen molar-refractivity contribution in [3.05, 3.63) is 58.6 Å². The monoisotopic (exact) mass is 299 g/mol. The molecule has 0 aromatic heterocycles. The number of carbonyl (C=O) groups excluding carboxylic acids is 1. The van der Waals surface area contributed by atoms with Crippen LogP contribution in [0.1, 0.15) is 11.1 Å². The molecule has 0 atom stereocenters. The lowest BCUT2D eigenvalue weighted by Gasteiger charge is -2.11. The maximum absolute atomic E-state index is 11.9. The normalized spacial score (nSPS) is 9.76. The highest BCUT2D eigenvalue weighted by atomic mass is 35.5. The van der Waals surface area contributed by atoms with Gasteiger partial charge >= 0.3 is 0 Å². The molecule has 21 heavy (non-hydrogen) atoms. The molecule has 0 aliphatic heterocycles. The minimum absolute atomic E-state index is 0.0982. The van der Waals surface area contributed by atoms with E-state index < -0.39 is 0 Å². The highest BCUT2D eigenvalue weighted by molar-refractivity contribution is 6.31. The summed E-state index contributed by atoms with van der Waals surface area (Å²) in [4.78, 5) is 11.9. The Balaban J connectivity index is 2.00. The van der Waals surface area contributed by atoms with Crippen LogP contribution < -0.4 is 10.6 Å². The third kappa shape index (κ3) is 3.74. The summed E-state index contributed by atoms with van der Waals surface area (Å²) in [7, 11) is 0. The number of nitriles is 1. The summed E-state index contributed by atoms with van der Waals surface area (Å²) >= 11 is 6.02. The van der Waals surface area contributed by atoms with Crippen LogP contribution in [0.15, 0.2) is 42.5 Å². The average Bonchev–Trinajstić information content (AvgIpc) is 2.49. The minimum Gasteiger partial charge on any atom is -0.376 e. The number of nitrogens with zero attached hydrogens (tertiary/aromatic N) is 1. The molecule has 0 radical (unpaired) electrons. The van der Waals surface area contributed by atoms with E-state index in [1.807, 2.05) is 25.1 Å². The number of amides is 1. The maximum Gasteiger partial charge on any atom is 0.243 e. The van der Waals surface area contributed by atoms with Gasteiger partial charge in [0.1, 0.15) is 6.07 Å². The van der Waals surface area contributed by atoms with E-state index in [4.69, 9.17) is 16.9 Å². The zero-order valence-electron chi connectivity index (χ0n) is 11.5. The summed E-state index contributed by atoms with van der Waals surface area (Å²) in [6.45, 7) is 1.98. The summed E-state index contributed by atoms with van der Waals surface area (Å²) in [6, 6.07) is 14.4. The van der Waals surface area contributed by atoms with Gasteiger partial charge in [-0.2, -0.15) is 5.26 Å². The first-order chi connectivity index (χ1) is 10.1. The van der Waals surface area contributed by atoms with E-state index in [0.717, 1.165) is 11.3 Å². The van der Waals surface area contributed by atoms with Crippen LogP contribution in [0.25, 0.3) is 0 Å². The first kappa shape index (κ1) is 14.9. The maximum atomic E-state index is 11.9. The average molecular weight is 300 g/mol. The summed E-state index contributed by atoms with van der Waals surface area (Å²) < 4.78 is 0. The zero-order chi connectivity index (χ0) is 15.2. The highest BCUT2D eigenvalue weighted by Gasteiger charge is 2.07. The molecule has 0 unspecified atom stereocenters. The van der Waals surface area contributed by atoms with Crippen LogP contribution in [0.2, 0.25) is 5.02 Å². The van der Waals surface area contributed by atoms with Gasteiger partial charge in [0.25, 0.3) is 0 Å². The Bertz CT molecular complexity index is 707. The molecule has 5 heteroatoms. The Morgan fingerprint density at radius 3 is 2.67 bits per heavy atom. The molecule has 2 aromatic rings. The van der Waals surface area contributed by atoms with Crippen LogP contribution in [0.4, 0.5) is 11.4 Å². The predicted octanol–water partition coefficient (Wildman–Crippen LogP) is 3.57. The van der Waals surface area contributed by atoms with Crippen LogP contribution in [0, 0.1) is 18.3 Å². The van der Waals surface area contributed by atoms with Gasteiger partial charge in [0.05, 0.1) is 17.8 Å². The number of halogens is 1. The van der Waals surface area contributed by atoms with Crippen LogP contribution in [0.3, 0.4) is 0 Å². The standard InChI is InChI=1S/C16H14ClN3O/c1-11-13(17)6-4-8-14(11)19-10-16(21)20-15-7-3-2-5-12(15)9-18/h2-8,19H,10H2,1H3,(H,20,21). The van der Waals surface area contributed by atoms with Gasteiger partial charge in [-0.15, -0.1) is 0 Å². The van der Waals surface area contributed by atoms with Gasteiger partial charge < -0.3 is 10.6 Å². The van der Waals surface area contributed by atoms with Crippen molar-refractivity contribution in [3.63, 3.8) is 0 Å². The number of hydrogen-bond acceptors (Lipinski definition) is 3. The summed E-state index contributed by atoms with van der Waals surface area (Å²) in [6.07, 6.45) is 0. The van der Waals surface area contributed by atoms with Gasteiger partial charge in [-0.25, -0.2) is 0 Å². The van der Waals surface area contributed by atoms with Crippen LogP contribution in [-0.4, -0.2) is 12.5 Å². The molecule has 0 heterocycles. The zero-order valence-corrected chi connectivity index (χ0v) is 12.2. The molecular weight excluding hydrogens is 286 g/mol. The van der Waals surface area contributed by atoms with Crippen molar-refractivity contribution in [1.29, 1.82) is 5.26 Å². The molecule has 0 aliphatic rings. The number of carbonyl (C=O) groups is 1. The highest BCUT2D eigenvalue weighted by Crippen LogP contribution is 2.22. The lowest BCUT2D eigenvalue weighted by atomic mass is 10.2. The lowest BCUT2D eigenvalue weighted by molar-refractivity contribution is -0.114. The largest absolute Gasteiger partial charge is 0.376 e. The van der Waals surface area contributed by atoms with Gasteiger partial charge in [-0.05, 0) is 36.8 Å². The Morgan fingerprint density at radius 1 is 1.19 bits per heavy atom. The van der Waals surface area contributed by atoms with E-state index in [1.54, 1.807) is 30.3 Å². The quantitative estimate of drug-likeness (QED) is 0.907. The smallest absolute Gasteiger partial charge is 0.243 e. The SMILES string of the molecule is Cc1c(Cl)cccc1NCC(=O)Nc1ccccc1C#N. The molecule has 2 rings (SSSR count). The van der Waals surface area contributed by atoms with Crippen LogP contribution >= 0.6 is 11.6 Å². The Kier molecular flexibility index (Phi) is 4.81. The van der Waals surface area contributed by atoms with E-state index in [1.165, 1.54) is 0 Å². The number of nitrogens with one attached hydrogen (secondary N) is 2. The molecule has 0 bridgehead atoms. The Hall–Kier alpha value is -2.51. The number of rotatable bonds is 4. The summed E-state index contributed by atoms with van der Waals surface area (Å²) in [5.74, 6) is -0.225. The fraction of sp³-hybridized carbons (Fsp3) is 0.125. The van der Waals surface area contributed by atoms with E-state index in [9.17, 15) is 4.79 Å². The lowest BCUT2D eigenvalue weighted by Crippen LogP contribution is -2.22. The van der Waals surface area contributed by atoms with Gasteiger partial charge in [0, 0.05) is 10.7 Å². The molecule has 1 amide bonds. The second-order valence-corrected chi connectivity index (χ2v) is 4.88. The third-order valence-electron chi connectivity index (χ3n) is 3.03. The Morgan fingerprint density at radius 2 is 1.90 bits per heavy atom. The van der Waals surface area contributed by atoms with E-state index >= 15 is 0 Å². The molecule has 2 aromatic carbocycles. The molecule has 4 nitrogen and oxygen atoms in total. The van der Waals surface area contributed by atoms with Crippen LogP contribution in [-0.2, 0) is 4.79 Å². The van der Waals surface area contributed by atoms with Gasteiger partial charge in [0.2, 0.25) is 5.91 Å². The van der Waals surface area contributed by atoms with Crippen LogP contribution in [0.5, 0.6) is 0 Å². The van der Waals surface area contributed by atoms with Gasteiger partial charge in [-0.3, -0.25) is 4.79 Å². The number of hydrogen-bond donors (Lipinski definition) is 2. The second-order valence-electron chi connectivity index (χ2n) is 4.47. The van der Waals surface area contributed by atoms with Crippen molar-refractivity contribution in [1.82, 2.24) is 0 Å². The number of para-hydroxylation sites is 1. The third-order valence-corrected chi connectivity index (χ3v) is 3.44. The van der Waals surface area contributed by atoms with E-state index in [2.05, 4.69) is 10.6 Å². The van der Waals surface area contributed by atoms with E-state index in [-0.39, 0.29) is 12.5 Å². The van der Waals surface area contributed by atoms with Crippen molar-refractivity contribution in [2.24, 2.45) is 0 Å². The second kappa shape index (κ2) is 6.78. The fourth-order valence-corrected chi connectivity index (χ4v) is 2.03. The minimum atomic E-state index is -0.225. The first-order valence-corrected chi connectivity index (χ1v) is 6.77. The summed E-state index contributed by atoms with van der Waals surface area (Å²) in [5.41, 5.74) is 2.65. The van der Waals surface area contributed by atoms with Gasteiger partial charge in [0.15, 0.2) is 0 Å². The van der Waals surface area contributed by atoms with Crippen molar-refractivity contribution in [2.75, 3.05) is 17.2 Å². The molecule has 0 fully saturated rings. The van der Waals surface area contributed by atoms with Gasteiger partial charge in [-0.1, -0.05) is 29.8 Å². The fourth-order valence-electron chi connectivity index (χ4n) is 1.86. The van der Waals surface area contributed by atoms with Crippen molar-refractivity contribution >= 4 is 28.9 Å². The first-order valence-electron chi connectivity index (χ1n) is 6.40. The van der Waals surface area contributed by atoms with Crippen molar-refractivity contribution < 1.29 is 4.79 Å². The Labute approximate surface area is 128 Å². The van der Waals surface area contributed by atoms with Crippen molar-refractivity contribution in [3.8, 4) is 6.07 Å². The van der Waals surface area contributed by atoms with Crippen molar-refractivity contribution in [2.45, 2.75) is 6.92 Å².